The summed E-state index contributed by atoms with van der Waals surface area (Å²) in [5, 5.41) is 0. The van der Waals surface area contributed by atoms with Gasteiger partial charge in [-0.1, -0.05) is 19.1 Å². The molecule has 10 heavy (non-hydrogen) atoms. The van der Waals surface area contributed by atoms with Gasteiger partial charge in [0.25, 0.3) is 0 Å². The Morgan fingerprint density at radius 2 is 2.20 bits per heavy atom. The molecule has 1 unspecified atom stereocenters. The van der Waals surface area contributed by atoms with E-state index in [4.69, 9.17) is 4.74 Å². The summed E-state index contributed by atoms with van der Waals surface area (Å²) in [5.74, 6) is 0. The van der Waals surface area contributed by atoms with Crippen LogP contribution in [-0.2, 0) is 4.74 Å². The number of hydrogen-bond acceptors (Lipinski definition) is 1. The lowest BCUT2D eigenvalue weighted by molar-refractivity contribution is 0.0687. The van der Waals surface area contributed by atoms with Gasteiger partial charge >= 0.3 is 0 Å². The van der Waals surface area contributed by atoms with Crippen molar-refractivity contribution < 1.29 is 4.74 Å². The Bertz CT molecular complexity index is 86.7. The Morgan fingerprint density at radius 1 is 1.50 bits per heavy atom. The Balaban J connectivity index is 3.16. The topological polar surface area (TPSA) is 9.23 Å². The summed E-state index contributed by atoms with van der Waals surface area (Å²) in [6.45, 7) is 7.16. The van der Waals surface area contributed by atoms with Gasteiger partial charge in [0.15, 0.2) is 0 Å². The highest BCUT2D eigenvalue weighted by molar-refractivity contribution is 4.79. The van der Waals surface area contributed by atoms with E-state index in [0.717, 1.165) is 19.4 Å². The number of ether oxygens (including phenoxy) is 1. The van der Waals surface area contributed by atoms with Crippen LogP contribution in [0, 0.1) is 0 Å². The molecule has 0 bridgehead atoms. The van der Waals surface area contributed by atoms with Crippen LogP contribution in [0.5, 0.6) is 0 Å². The lowest BCUT2D eigenvalue weighted by Crippen LogP contribution is -2.06. The zero-order valence-corrected chi connectivity index (χ0v) is 7.26. The van der Waals surface area contributed by atoms with Gasteiger partial charge in [-0.05, 0) is 26.7 Å². The van der Waals surface area contributed by atoms with Gasteiger partial charge in [0, 0.05) is 6.61 Å². The van der Waals surface area contributed by atoms with Gasteiger partial charge in [-0.15, -0.1) is 0 Å². The summed E-state index contributed by atoms with van der Waals surface area (Å²) in [6, 6.07) is 0. The largest absolute Gasteiger partial charge is 0.378 e. The molecular weight excluding hydrogens is 124 g/mol. The van der Waals surface area contributed by atoms with Crippen molar-refractivity contribution in [3.8, 4) is 0 Å². The fourth-order valence-corrected chi connectivity index (χ4v) is 0.715. The maximum absolute atomic E-state index is 5.44. The summed E-state index contributed by atoms with van der Waals surface area (Å²) < 4.78 is 5.44. The first kappa shape index (κ1) is 9.70. The van der Waals surface area contributed by atoms with Gasteiger partial charge in [0.2, 0.25) is 0 Å². The average molecular weight is 142 g/mol. The molecule has 1 atom stereocenters. The van der Waals surface area contributed by atoms with Crippen molar-refractivity contribution in [2.45, 2.75) is 39.7 Å². The predicted molar refractivity (Wildman–Crippen MR) is 45.1 cm³/mol. The zero-order valence-electron chi connectivity index (χ0n) is 7.26. The third-order valence-corrected chi connectivity index (χ3v) is 1.31. The van der Waals surface area contributed by atoms with Crippen LogP contribution >= 0.6 is 0 Å². The van der Waals surface area contributed by atoms with Gasteiger partial charge in [0.1, 0.15) is 0 Å². The Labute approximate surface area is 64.1 Å². The second-order valence-corrected chi connectivity index (χ2v) is 2.49. The molecule has 0 radical (unpaired) electrons. The minimum atomic E-state index is 0.385. The van der Waals surface area contributed by atoms with Crippen LogP contribution in [0.1, 0.15) is 33.6 Å². The van der Waals surface area contributed by atoms with E-state index in [2.05, 4.69) is 26.0 Å². The van der Waals surface area contributed by atoms with E-state index in [1.54, 1.807) is 0 Å². The quantitative estimate of drug-likeness (QED) is 0.536. The molecule has 0 heterocycles. The van der Waals surface area contributed by atoms with E-state index in [9.17, 15) is 0 Å². The summed E-state index contributed by atoms with van der Waals surface area (Å²) in [6.07, 6.45) is 6.74. The molecule has 0 aliphatic heterocycles. The Morgan fingerprint density at radius 3 is 2.70 bits per heavy atom. The Hall–Kier alpha value is -0.300. The molecule has 0 N–H and O–H groups in total. The maximum atomic E-state index is 5.44. The third-order valence-electron chi connectivity index (χ3n) is 1.31. The first-order valence-electron chi connectivity index (χ1n) is 4.04. The van der Waals surface area contributed by atoms with Crippen LogP contribution in [0.25, 0.3) is 0 Å². The van der Waals surface area contributed by atoms with E-state index in [1.165, 1.54) is 0 Å². The van der Waals surface area contributed by atoms with Crippen LogP contribution in [0.15, 0.2) is 12.2 Å². The highest BCUT2D eigenvalue weighted by atomic mass is 16.5. The highest BCUT2D eigenvalue weighted by Crippen LogP contribution is 1.98. The summed E-state index contributed by atoms with van der Waals surface area (Å²) >= 11 is 0. The molecule has 0 aromatic carbocycles. The zero-order chi connectivity index (χ0) is 7.82. The van der Waals surface area contributed by atoms with Crippen LogP contribution in [0.2, 0.25) is 0 Å². The van der Waals surface area contributed by atoms with Gasteiger partial charge in [-0.3, -0.25) is 0 Å². The molecule has 1 nitrogen and oxygen atoms in total. The fraction of sp³-hybridized carbons (Fsp3) is 0.778. The molecule has 0 saturated heterocycles. The monoisotopic (exact) mass is 142 g/mol. The molecule has 0 amide bonds. The molecule has 0 aromatic rings. The molecular formula is C9H18O. The minimum Gasteiger partial charge on any atom is -0.378 e. The summed E-state index contributed by atoms with van der Waals surface area (Å²) in [4.78, 5) is 0. The van der Waals surface area contributed by atoms with E-state index < -0.39 is 0 Å². The average Bonchev–Trinajstić information content (AvgIpc) is 1.97. The second-order valence-electron chi connectivity index (χ2n) is 2.49. The van der Waals surface area contributed by atoms with Crippen LogP contribution < -0.4 is 0 Å². The lowest BCUT2D eigenvalue weighted by atomic mass is 10.2. The molecule has 0 aromatic heterocycles. The van der Waals surface area contributed by atoms with Crippen molar-refractivity contribution in [2.75, 3.05) is 6.61 Å². The first-order chi connectivity index (χ1) is 4.81. The maximum Gasteiger partial charge on any atom is 0.0581 e. The van der Waals surface area contributed by atoms with Gasteiger partial charge in [-0.25, -0.2) is 0 Å². The van der Waals surface area contributed by atoms with Crippen molar-refractivity contribution in [1.82, 2.24) is 0 Å². The molecule has 0 saturated carbocycles. The van der Waals surface area contributed by atoms with E-state index in [0.29, 0.717) is 6.10 Å². The smallest absolute Gasteiger partial charge is 0.0581 e. The van der Waals surface area contributed by atoms with Crippen LogP contribution in [0.4, 0.5) is 0 Å². The molecule has 0 rings (SSSR count). The van der Waals surface area contributed by atoms with Gasteiger partial charge in [-0.2, -0.15) is 0 Å². The third kappa shape index (κ3) is 5.83. The molecule has 0 aliphatic rings. The van der Waals surface area contributed by atoms with Crippen LogP contribution in [0.3, 0.4) is 0 Å². The normalized spacial score (nSPS) is 14.3. The molecule has 1 heteroatoms. The molecule has 0 spiro atoms. The van der Waals surface area contributed by atoms with E-state index in [1.807, 2.05) is 6.92 Å². The number of hydrogen-bond donors (Lipinski definition) is 0. The lowest BCUT2D eigenvalue weighted by Gasteiger charge is -2.08. The highest BCUT2D eigenvalue weighted by Gasteiger charge is 1.95. The fourth-order valence-electron chi connectivity index (χ4n) is 0.715. The second kappa shape index (κ2) is 6.81. The van der Waals surface area contributed by atoms with E-state index in [-0.39, 0.29) is 0 Å². The van der Waals surface area contributed by atoms with Crippen molar-refractivity contribution in [1.29, 1.82) is 0 Å². The predicted octanol–water partition coefficient (Wildman–Crippen LogP) is 2.77. The van der Waals surface area contributed by atoms with Crippen molar-refractivity contribution in [2.24, 2.45) is 0 Å². The van der Waals surface area contributed by atoms with Gasteiger partial charge < -0.3 is 4.74 Å². The van der Waals surface area contributed by atoms with Gasteiger partial charge in [0.05, 0.1) is 6.10 Å². The Kier molecular flexibility index (Phi) is 6.61. The molecule has 0 aliphatic carbocycles. The summed E-state index contributed by atoms with van der Waals surface area (Å²) in [7, 11) is 0. The minimum absolute atomic E-state index is 0.385. The van der Waals surface area contributed by atoms with E-state index >= 15 is 0 Å². The number of rotatable bonds is 5. The van der Waals surface area contributed by atoms with Crippen molar-refractivity contribution in [3.05, 3.63) is 12.2 Å². The first-order valence-corrected chi connectivity index (χ1v) is 4.04. The SMILES string of the molecule is CC=CCC(C)OCCC. The molecule has 0 fully saturated rings. The summed E-state index contributed by atoms with van der Waals surface area (Å²) in [5.41, 5.74) is 0. The standard InChI is InChI=1S/C9H18O/c1-4-6-7-9(3)10-8-5-2/h4,6,9H,5,7-8H2,1-3H3. The van der Waals surface area contributed by atoms with Crippen LogP contribution in [-0.4, -0.2) is 12.7 Å². The van der Waals surface area contributed by atoms with Crippen molar-refractivity contribution >= 4 is 0 Å². The molecule has 60 valence electrons. The van der Waals surface area contributed by atoms with Crippen molar-refractivity contribution in [3.63, 3.8) is 0 Å². The number of allylic oxidation sites excluding steroid dienone is 1.